The van der Waals surface area contributed by atoms with Gasteiger partial charge in [-0.1, -0.05) is 58.0 Å². The highest BCUT2D eigenvalue weighted by atomic mass is 35.5. The summed E-state index contributed by atoms with van der Waals surface area (Å²) in [6.45, 7) is 0. The molecular weight excluding hydrogens is 337 g/mol. The Hall–Kier alpha value is -0.310. The lowest BCUT2D eigenvalue weighted by atomic mass is 10.1. The third kappa shape index (κ3) is 2.52. The molecule has 94 valence electrons. The highest BCUT2D eigenvalue weighted by Gasteiger charge is 2.18. The number of rotatable bonds is 1. The van der Waals surface area contributed by atoms with Crippen LogP contribution in [-0.2, 0) is 0 Å². The molecule has 0 saturated heterocycles. The van der Waals surface area contributed by atoms with Crippen molar-refractivity contribution in [2.75, 3.05) is 0 Å². The van der Waals surface area contributed by atoms with Gasteiger partial charge in [0.05, 0.1) is 10.0 Å². The summed E-state index contributed by atoms with van der Waals surface area (Å²) >= 11 is 30.0. The summed E-state index contributed by atoms with van der Waals surface area (Å²) in [5.41, 5.74) is 0.995. The quantitative estimate of drug-likeness (QED) is 0.601. The minimum absolute atomic E-state index is 0.0205. The fourth-order valence-corrected chi connectivity index (χ4v) is 2.70. The molecule has 0 heterocycles. The number of benzene rings is 2. The van der Waals surface area contributed by atoms with Crippen molar-refractivity contribution in [2.45, 2.75) is 0 Å². The van der Waals surface area contributed by atoms with Gasteiger partial charge in [0.2, 0.25) is 0 Å². The molecule has 0 bridgehead atoms. The molecular formula is C12H5Cl5O. The molecule has 1 N–H and O–H groups in total. The van der Waals surface area contributed by atoms with Crippen LogP contribution in [0.2, 0.25) is 25.1 Å². The second kappa shape index (κ2) is 5.36. The molecule has 2 aromatic carbocycles. The largest absolute Gasteiger partial charge is 0.506 e. The van der Waals surface area contributed by atoms with Gasteiger partial charge in [-0.25, -0.2) is 0 Å². The number of hydrogen-bond donors (Lipinski definition) is 1. The number of phenolic OH excluding ortho intramolecular Hbond substituents is 1. The normalized spacial score (nSPS) is 10.7. The van der Waals surface area contributed by atoms with Gasteiger partial charge in [-0.2, -0.15) is 0 Å². The van der Waals surface area contributed by atoms with Gasteiger partial charge in [0, 0.05) is 27.2 Å². The molecule has 0 saturated carbocycles. The van der Waals surface area contributed by atoms with Crippen LogP contribution in [0.15, 0.2) is 24.3 Å². The average Bonchev–Trinajstić information content (AvgIpc) is 2.31. The van der Waals surface area contributed by atoms with Crippen LogP contribution in [0.3, 0.4) is 0 Å². The van der Waals surface area contributed by atoms with Crippen molar-refractivity contribution in [2.24, 2.45) is 0 Å². The van der Waals surface area contributed by atoms with Crippen LogP contribution in [-0.4, -0.2) is 5.11 Å². The molecule has 0 fully saturated rings. The predicted molar refractivity (Wildman–Crippen MR) is 78.6 cm³/mol. The van der Waals surface area contributed by atoms with Gasteiger partial charge >= 0.3 is 0 Å². The average molecular weight is 342 g/mol. The Balaban J connectivity index is 2.79. The summed E-state index contributed by atoms with van der Waals surface area (Å²) in [5, 5.41) is 10.8. The molecule has 0 atom stereocenters. The van der Waals surface area contributed by atoms with Crippen LogP contribution >= 0.6 is 58.0 Å². The summed E-state index contributed by atoms with van der Waals surface area (Å²) in [4.78, 5) is 0. The first-order valence-corrected chi connectivity index (χ1v) is 6.62. The summed E-state index contributed by atoms with van der Waals surface area (Å²) in [7, 11) is 0. The predicted octanol–water partition coefficient (Wildman–Crippen LogP) is 6.33. The van der Waals surface area contributed by atoms with Crippen LogP contribution in [0.4, 0.5) is 0 Å². The first-order valence-electron chi connectivity index (χ1n) is 4.73. The van der Waals surface area contributed by atoms with E-state index in [1.807, 2.05) is 0 Å². The minimum atomic E-state index is -0.187. The maximum atomic E-state index is 9.52. The number of halogens is 5. The van der Waals surface area contributed by atoms with Gasteiger partial charge in [0.15, 0.2) is 0 Å². The number of hydrogen-bond acceptors (Lipinski definition) is 1. The molecule has 18 heavy (non-hydrogen) atoms. The summed E-state index contributed by atoms with van der Waals surface area (Å²) in [6.07, 6.45) is 0. The van der Waals surface area contributed by atoms with E-state index in [1.165, 1.54) is 6.07 Å². The van der Waals surface area contributed by atoms with Gasteiger partial charge in [-0.3, -0.25) is 0 Å². The highest BCUT2D eigenvalue weighted by Crippen LogP contribution is 2.46. The fourth-order valence-electron chi connectivity index (χ4n) is 1.52. The lowest BCUT2D eigenvalue weighted by molar-refractivity contribution is 0.476. The van der Waals surface area contributed by atoms with E-state index < -0.39 is 0 Å². The van der Waals surface area contributed by atoms with Crippen molar-refractivity contribution in [3.05, 3.63) is 49.4 Å². The molecule has 2 aromatic rings. The maximum absolute atomic E-state index is 9.52. The Labute approximate surface area is 129 Å². The second-order valence-corrected chi connectivity index (χ2v) is 5.51. The number of aromatic hydroxyl groups is 1. The number of phenols is 1. The van der Waals surface area contributed by atoms with E-state index in [2.05, 4.69) is 0 Å². The van der Waals surface area contributed by atoms with E-state index in [4.69, 9.17) is 58.0 Å². The van der Waals surface area contributed by atoms with Gasteiger partial charge in [-0.15, -0.1) is 0 Å². The van der Waals surface area contributed by atoms with Crippen LogP contribution in [0, 0.1) is 0 Å². The van der Waals surface area contributed by atoms with Gasteiger partial charge < -0.3 is 5.11 Å². The standard InChI is InChI=1S/C12H5Cl5O/c13-5-1-2-7(14)6(3-5)10-8(15)4-9(18)11(16)12(10)17/h1-4,18H. The van der Waals surface area contributed by atoms with Crippen LogP contribution in [0.5, 0.6) is 5.75 Å². The topological polar surface area (TPSA) is 20.2 Å². The monoisotopic (exact) mass is 340 g/mol. The first-order chi connectivity index (χ1) is 8.41. The minimum Gasteiger partial charge on any atom is -0.506 e. The Morgan fingerprint density at radius 1 is 0.778 bits per heavy atom. The van der Waals surface area contributed by atoms with Crippen molar-refractivity contribution < 1.29 is 5.11 Å². The van der Waals surface area contributed by atoms with Gasteiger partial charge in [0.25, 0.3) is 0 Å². The molecule has 0 aliphatic carbocycles. The van der Waals surface area contributed by atoms with E-state index in [1.54, 1.807) is 18.2 Å². The van der Waals surface area contributed by atoms with Crippen molar-refractivity contribution in [3.63, 3.8) is 0 Å². The third-order valence-electron chi connectivity index (χ3n) is 2.34. The van der Waals surface area contributed by atoms with Crippen LogP contribution < -0.4 is 0 Å². The summed E-state index contributed by atoms with van der Waals surface area (Å²) < 4.78 is 0. The van der Waals surface area contributed by atoms with Gasteiger partial charge in [0.1, 0.15) is 10.8 Å². The van der Waals surface area contributed by atoms with E-state index in [0.29, 0.717) is 21.2 Å². The Bertz CT molecular complexity index is 624. The molecule has 0 spiro atoms. The fraction of sp³-hybridized carbons (Fsp3) is 0. The smallest absolute Gasteiger partial charge is 0.137 e. The summed E-state index contributed by atoms with van der Waals surface area (Å²) in [6, 6.07) is 6.22. The van der Waals surface area contributed by atoms with E-state index in [-0.39, 0.29) is 20.8 Å². The molecule has 1 nitrogen and oxygen atoms in total. The van der Waals surface area contributed by atoms with Crippen molar-refractivity contribution in [3.8, 4) is 16.9 Å². The molecule has 0 unspecified atom stereocenters. The zero-order chi connectivity index (χ0) is 13.4. The molecule has 0 radical (unpaired) electrons. The van der Waals surface area contributed by atoms with E-state index >= 15 is 0 Å². The van der Waals surface area contributed by atoms with E-state index in [9.17, 15) is 5.11 Å². The Kier molecular flexibility index (Phi) is 4.20. The molecule has 2 rings (SSSR count). The molecule has 0 aromatic heterocycles. The van der Waals surface area contributed by atoms with Crippen LogP contribution in [0.1, 0.15) is 0 Å². The molecule has 0 aliphatic rings. The van der Waals surface area contributed by atoms with E-state index in [0.717, 1.165) is 0 Å². The lowest BCUT2D eigenvalue weighted by Crippen LogP contribution is -1.86. The van der Waals surface area contributed by atoms with Crippen molar-refractivity contribution in [1.82, 2.24) is 0 Å². The molecule has 0 amide bonds. The lowest BCUT2D eigenvalue weighted by Gasteiger charge is -2.12. The van der Waals surface area contributed by atoms with Crippen LogP contribution in [0.25, 0.3) is 11.1 Å². The highest BCUT2D eigenvalue weighted by molar-refractivity contribution is 6.47. The van der Waals surface area contributed by atoms with Gasteiger partial charge in [-0.05, 0) is 18.2 Å². The maximum Gasteiger partial charge on any atom is 0.137 e. The SMILES string of the molecule is Oc1cc(Cl)c(-c2cc(Cl)ccc2Cl)c(Cl)c1Cl. The molecule has 0 aliphatic heterocycles. The summed E-state index contributed by atoms with van der Waals surface area (Å²) in [5.74, 6) is -0.187. The first kappa shape index (κ1) is 14.1. The second-order valence-electron chi connectivity index (χ2n) is 3.50. The Morgan fingerprint density at radius 3 is 2.11 bits per heavy atom. The zero-order valence-corrected chi connectivity index (χ0v) is 12.4. The third-order valence-corrected chi connectivity index (χ3v) is 4.06. The Morgan fingerprint density at radius 2 is 1.44 bits per heavy atom. The van der Waals surface area contributed by atoms with Crippen molar-refractivity contribution >= 4 is 58.0 Å². The zero-order valence-electron chi connectivity index (χ0n) is 8.65. The van der Waals surface area contributed by atoms with Crippen molar-refractivity contribution in [1.29, 1.82) is 0 Å². The molecule has 6 heteroatoms.